The van der Waals surface area contributed by atoms with Crippen LogP contribution in [-0.2, 0) is 4.74 Å². The molecule has 1 aliphatic heterocycles. The van der Waals surface area contributed by atoms with Crippen molar-refractivity contribution in [1.82, 2.24) is 5.32 Å². The van der Waals surface area contributed by atoms with Gasteiger partial charge in [-0.2, -0.15) is 0 Å². The van der Waals surface area contributed by atoms with Gasteiger partial charge in [-0.05, 0) is 39.8 Å². The normalized spacial score (nSPS) is 22.2. The van der Waals surface area contributed by atoms with Crippen LogP contribution in [0.1, 0.15) is 27.7 Å². The van der Waals surface area contributed by atoms with E-state index in [-0.39, 0.29) is 24.3 Å². The number of amides is 2. The second-order valence-electron chi connectivity index (χ2n) is 5.93. The van der Waals surface area contributed by atoms with Gasteiger partial charge in [0.05, 0.1) is 23.6 Å². The third kappa shape index (κ3) is 4.36. The Bertz CT molecular complexity index is 480. The van der Waals surface area contributed by atoms with Gasteiger partial charge in [0.25, 0.3) is 0 Å². The minimum absolute atomic E-state index is 0.112. The Labute approximate surface area is 126 Å². The number of nitrogens with one attached hydrogen (secondary N) is 2. The summed E-state index contributed by atoms with van der Waals surface area (Å²) in [6.45, 7) is 9.69. The molecule has 0 radical (unpaired) electrons. The molecule has 0 aromatic heterocycles. The van der Waals surface area contributed by atoms with Gasteiger partial charge < -0.3 is 20.3 Å². The summed E-state index contributed by atoms with van der Waals surface area (Å²) >= 11 is 0. The summed E-state index contributed by atoms with van der Waals surface area (Å²) in [5, 5.41) is 5.78. The van der Waals surface area contributed by atoms with Crippen LogP contribution in [0.3, 0.4) is 0 Å². The van der Waals surface area contributed by atoms with Crippen molar-refractivity contribution in [2.45, 2.75) is 45.9 Å². The number of carbonyl (C=O) groups is 1. The molecule has 21 heavy (non-hydrogen) atoms. The van der Waals surface area contributed by atoms with Crippen LogP contribution in [0, 0.1) is 0 Å². The molecule has 1 aliphatic rings. The largest absolute Gasteiger partial charge is 0.372 e. The average Bonchev–Trinajstić information content (AvgIpc) is 2.37. The van der Waals surface area contributed by atoms with Crippen molar-refractivity contribution in [1.29, 1.82) is 0 Å². The maximum atomic E-state index is 11.9. The number of carbonyl (C=O) groups excluding carboxylic acids is 1. The fourth-order valence-corrected chi connectivity index (χ4v) is 2.65. The topological polar surface area (TPSA) is 53.6 Å². The first-order valence-corrected chi connectivity index (χ1v) is 7.52. The molecule has 116 valence electrons. The lowest BCUT2D eigenvalue weighted by Crippen LogP contribution is -2.46. The number of rotatable bonds is 3. The maximum Gasteiger partial charge on any atom is 0.319 e. The van der Waals surface area contributed by atoms with Crippen molar-refractivity contribution in [2.24, 2.45) is 0 Å². The zero-order chi connectivity index (χ0) is 15.4. The van der Waals surface area contributed by atoms with Crippen molar-refractivity contribution >= 4 is 17.4 Å². The smallest absolute Gasteiger partial charge is 0.319 e. The first kappa shape index (κ1) is 15.6. The molecule has 1 aromatic carbocycles. The molecule has 2 atom stereocenters. The van der Waals surface area contributed by atoms with E-state index in [1.165, 1.54) is 0 Å². The Hall–Kier alpha value is -1.75. The van der Waals surface area contributed by atoms with Gasteiger partial charge in [-0.1, -0.05) is 12.1 Å². The number of para-hydroxylation sites is 2. The molecule has 1 fully saturated rings. The van der Waals surface area contributed by atoms with Gasteiger partial charge in [0.1, 0.15) is 0 Å². The molecule has 2 amide bonds. The van der Waals surface area contributed by atoms with E-state index in [0.717, 1.165) is 24.5 Å². The van der Waals surface area contributed by atoms with Crippen LogP contribution >= 0.6 is 0 Å². The molecule has 2 N–H and O–H groups in total. The highest BCUT2D eigenvalue weighted by molar-refractivity contribution is 5.93. The van der Waals surface area contributed by atoms with Crippen LogP contribution in [0.5, 0.6) is 0 Å². The molecule has 0 aliphatic carbocycles. The van der Waals surface area contributed by atoms with E-state index in [1.54, 1.807) is 0 Å². The van der Waals surface area contributed by atoms with Crippen LogP contribution in [-0.4, -0.2) is 37.4 Å². The molecule has 1 saturated heterocycles. The second kappa shape index (κ2) is 6.80. The summed E-state index contributed by atoms with van der Waals surface area (Å²) in [4.78, 5) is 14.2. The quantitative estimate of drug-likeness (QED) is 0.900. The van der Waals surface area contributed by atoms with Gasteiger partial charge in [0.15, 0.2) is 0 Å². The molecular formula is C16H25N3O2. The Kier molecular flexibility index (Phi) is 5.07. The molecule has 0 spiro atoms. The van der Waals surface area contributed by atoms with E-state index in [0.29, 0.717) is 0 Å². The number of anilines is 2. The summed E-state index contributed by atoms with van der Waals surface area (Å²) in [6.07, 6.45) is 0.373. The molecule has 5 nitrogen and oxygen atoms in total. The van der Waals surface area contributed by atoms with E-state index in [9.17, 15) is 4.79 Å². The number of hydrogen-bond acceptors (Lipinski definition) is 3. The maximum absolute atomic E-state index is 11.9. The number of nitrogens with zero attached hydrogens (tertiary/aromatic N) is 1. The van der Waals surface area contributed by atoms with Gasteiger partial charge in [0, 0.05) is 19.1 Å². The predicted molar refractivity (Wildman–Crippen MR) is 86.0 cm³/mol. The fourth-order valence-electron chi connectivity index (χ4n) is 2.65. The number of urea groups is 1. The van der Waals surface area contributed by atoms with Gasteiger partial charge in [0.2, 0.25) is 0 Å². The Morgan fingerprint density at radius 3 is 2.48 bits per heavy atom. The summed E-state index contributed by atoms with van der Waals surface area (Å²) in [7, 11) is 0. The van der Waals surface area contributed by atoms with Crippen LogP contribution in [0.15, 0.2) is 24.3 Å². The average molecular weight is 291 g/mol. The Balaban J connectivity index is 2.14. The van der Waals surface area contributed by atoms with Crippen LogP contribution in [0.25, 0.3) is 0 Å². The monoisotopic (exact) mass is 291 g/mol. The van der Waals surface area contributed by atoms with Crippen molar-refractivity contribution < 1.29 is 9.53 Å². The van der Waals surface area contributed by atoms with E-state index in [1.807, 2.05) is 38.1 Å². The minimum atomic E-state index is -0.174. The molecule has 1 heterocycles. The number of morpholine rings is 1. The van der Waals surface area contributed by atoms with Gasteiger partial charge in [-0.15, -0.1) is 0 Å². The van der Waals surface area contributed by atoms with Crippen molar-refractivity contribution in [3.05, 3.63) is 24.3 Å². The number of benzene rings is 1. The highest BCUT2D eigenvalue weighted by Gasteiger charge is 2.24. The molecular weight excluding hydrogens is 266 g/mol. The highest BCUT2D eigenvalue weighted by atomic mass is 16.5. The van der Waals surface area contributed by atoms with Crippen LogP contribution in [0.4, 0.5) is 16.2 Å². The van der Waals surface area contributed by atoms with Crippen molar-refractivity contribution in [3.63, 3.8) is 0 Å². The Morgan fingerprint density at radius 1 is 1.24 bits per heavy atom. The van der Waals surface area contributed by atoms with E-state index >= 15 is 0 Å². The zero-order valence-corrected chi connectivity index (χ0v) is 13.2. The fraction of sp³-hybridized carbons (Fsp3) is 0.562. The summed E-state index contributed by atoms with van der Waals surface area (Å²) in [6, 6.07) is 7.83. The summed E-state index contributed by atoms with van der Waals surface area (Å²) < 4.78 is 5.77. The molecule has 2 rings (SSSR count). The lowest BCUT2D eigenvalue weighted by atomic mass is 10.1. The zero-order valence-electron chi connectivity index (χ0n) is 13.2. The van der Waals surface area contributed by atoms with Gasteiger partial charge in [-0.25, -0.2) is 4.79 Å². The van der Waals surface area contributed by atoms with Gasteiger partial charge >= 0.3 is 6.03 Å². The summed E-state index contributed by atoms with van der Waals surface area (Å²) in [5.41, 5.74) is 1.87. The highest BCUT2D eigenvalue weighted by Crippen LogP contribution is 2.28. The van der Waals surface area contributed by atoms with Crippen molar-refractivity contribution in [3.8, 4) is 0 Å². The lowest BCUT2D eigenvalue weighted by molar-refractivity contribution is -0.00517. The standard InChI is InChI=1S/C16H25N3O2/c1-11(2)17-16(20)18-14-7-5-6-8-15(14)19-9-12(3)21-13(4)10-19/h5-8,11-13H,9-10H2,1-4H3,(H2,17,18,20)/t12-,13-/m0/s1. The number of hydrogen-bond donors (Lipinski definition) is 2. The van der Waals surface area contributed by atoms with Gasteiger partial charge in [-0.3, -0.25) is 0 Å². The Morgan fingerprint density at radius 2 is 1.86 bits per heavy atom. The van der Waals surface area contributed by atoms with E-state index in [2.05, 4.69) is 29.4 Å². The minimum Gasteiger partial charge on any atom is -0.372 e. The molecule has 0 bridgehead atoms. The SMILES string of the molecule is CC(C)NC(=O)Nc1ccccc1N1C[C@H](C)O[C@@H](C)C1. The summed E-state index contributed by atoms with van der Waals surface area (Å²) in [5.74, 6) is 0. The van der Waals surface area contributed by atoms with E-state index in [4.69, 9.17) is 4.74 Å². The first-order valence-electron chi connectivity index (χ1n) is 7.52. The molecule has 0 unspecified atom stereocenters. The van der Waals surface area contributed by atoms with E-state index < -0.39 is 0 Å². The second-order valence-corrected chi connectivity index (χ2v) is 5.93. The molecule has 1 aromatic rings. The predicted octanol–water partition coefficient (Wildman–Crippen LogP) is 2.83. The number of ether oxygens (including phenoxy) is 1. The molecule has 5 heteroatoms. The van der Waals surface area contributed by atoms with Crippen molar-refractivity contribution in [2.75, 3.05) is 23.3 Å². The molecule has 0 saturated carbocycles. The van der Waals surface area contributed by atoms with Crippen LogP contribution < -0.4 is 15.5 Å². The third-order valence-corrected chi connectivity index (χ3v) is 3.33. The third-order valence-electron chi connectivity index (χ3n) is 3.33. The first-order chi connectivity index (χ1) is 9.95. The lowest BCUT2D eigenvalue weighted by Gasteiger charge is -2.37. The van der Waals surface area contributed by atoms with Crippen LogP contribution in [0.2, 0.25) is 0 Å².